The molecule has 0 saturated carbocycles. The van der Waals surface area contributed by atoms with Crippen LogP contribution in [0, 0.1) is 10.1 Å². The van der Waals surface area contributed by atoms with Crippen molar-refractivity contribution in [1.29, 1.82) is 0 Å². The predicted molar refractivity (Wildman–Crippen MR) is 85.9 cm³/mol. The maximum Gasteiger partial charge on any atom is 0.331 e. The summed E-state index contributed by atoms with van der Waals surface area (Å²) in [6.45, 7) is 5.15. The van der Waals surface area contributed by atoms with Crippen molar-refractivity contribution in [3.8, 4) is 0 Å². The molecule has 1 unspecified atom stereocenters. The Morgan fingerprint density at radius 1 is 1.52 bits per heavy atom. The van der Waals surface area contributed by atoms with Gasteiger partial charge in [-0.2, -0.15) is 0 Å². The van der Waals surface area contributed by atoms with E-state index in [1.807, 2.05) is 0 Å². The number of halogens is 1. The highest BCUT2D eigenvalue weighted by molar-refractivity contribution is 6.32. The van der Waals surface area contributed by atoms with E-state index < -0.39 is 22.9 Å². The van der Waals surface area contributed by atoms with Gasteiger partial charge in [-0.15, -0.1) is 6.58 Å². The molecule has 0 aliphatic carbocycles. The van der Waals surface area contributed by atoms with E-state index in [1.165, 1.54) is 37.3 Å². The summed E-state index contributed by atoms with van der Waals surface area (Å²) in [5.74, 6) is -1.20. The maximum absolute atomic E-state index is 11.6. The number of nitro benzene ring substituents is 1. The summed E-state index contributed by atoms with van der Waals surface area (Å²) in [5, 5.41) is 13.3. The van der Waals surface area contributed by atoms with Gasteiger partial charge in [0.25, 0.3) is 11.6 Å². The summed E-state index contributed by atoms with van der Waals surface area (Å²) in [5.41, 5.74) is 0.140. The molecule has 0 radical (unpaired) electrons. The molecule has 0 aromatic heterocycles. The summed E-state index contributed by atoms with van der Waals surface area (Å²) in [6.07, 6.45) is 2.94. The van der Waals surface area contributed by atoms with Gasteiger partial charge >= 0.3 is 5.97 Å². The molecule has 0 saturated heterocycles. The number of benzene rings is 1. The molecule has 0 fully saturated rings. The molecule has 1 amide bonds. The molecule has 0 bridgehead atoms. The van der Waals surface area contributed by atoms with Crippen LogP contribution in [0.3, 0.4) is 0 Å². The maximum atomic E-state index is 11.6. The van der Waals surface area contributed by atoms with Crippen LogP contribution in [-0.2, 0) is 14.3 Å². The number of rotatable bonds is 7. The zero-order valence-corrected chi connectivity index (χ0v) is 13.1. The Labute approximate surface area is 137 Å². The molecule has 1 aromatic carbocycles. The van der Waals surface area contributed by atoms with Crippen molar-refractivity contribution in [3.63, 3.8) is 0 Å². The third-order valence-electron chi connectivity index (χ3n) is 2.66. The lowest BCUT2D eigenvalue weighted by Crippen LogP contribution is -2.35. The molecular formula is C15H15ClN2O5. The first-order chi connectivity index (χ1) is 10.8. The van der Waals surface area contributed by atoms with Crippen LogP contribution >= 0.6 is 11.6 Å². The summed E-state index contributed by atoms with van der Waals surface area (Å²) in [7, 11) is 0. The molecular weight excluding hydrogens is 324 g/mol. The van der Waals surface area contributed by atoms with Crippen molar-refractivity contribution in [2.24, 2.45) is 0 Å². The highest BCUT2D eigenvalue weighted by Gasteiger charge is 2.15. The van der Waals surface area contributed by atoms with Crippen LogP contribution < -0.4 is 5.32 Å². The van der Waals surface area contributed by atoms with Crippen LogP contribution in [0.4, 0.5) is 5.69 Å². The van der Waals surface area contributed by atoms with E-state index in [9.17, 15) is 19.7 Å². The molecule has 0 aliphatic rings. The monoisotopic (exact) mass is 338 g/mol. The van der Waals surface area contributed by atoms with Crippen LogP contribution in [0.25, 0.3) is 6.08 Å². The van der Waals surface area contributed by atoms with E-state index in [0.29, 0.717) is 5.56 Å². The normalized spacial score (nSPS) is 11.7. The summed E-state index contributed by atoms with van der Waals surface area (Å²) >= 11 is 5.69. The third-order valence-corrected chi connectivity index (χ3v) is 2.98. The Kier molecular flexibility index (Phi) is 6.95. The first kappa shape index (κ1) is 18.4. The molecule has 0 heterocycles. The number of carbonyl (C=O) groups excluding carboxylic acids is 2. The Morgan fingerprint density at radius 2 is 2.22 bits per heavy atom. The van der Waals surface area contributed by atoms with Crippen LogP contribution in [0.5, 0.6) is 0 Å². The van der Waals surface area contributed by atoms with Gasteiger partial charge in [0.1, 0.15) is 5.02 Å². The van der Waals surface area contributed by atoms with Gasteiger partial charge in [0.15, 0.2) is 6.10 Å². The van der Waals surface area contributed by atoms with Gasteiger partial charge < -0.3 is 10.1 Å². The van der Waals surface area contributed by atoms with E-state index in [2.05, 4.69) is 11.9 Å². The smallest absolute Gasteiger partial charge is 0.331 e. The first-order valence-corrected chi connectivity index (χ1v) is 6.94. The Morgan fingerprint density at radius 3 is 2.83 bits per heavy atom. The number of nitrogens with zero attached hydrogens (tertiary/aromatic N) is 1. The number of esters is 1. The molecule has 23 heavy (non-hydrogen) atoms. The fourth-order valence-corrected chi connectivity index (χ4v) is 1.71. The molecule has 0 aliphatic heterocycles. The Bertz CT molecular complexity index is 657. The quantitative estimate of drug-likeness (QED) is 0.271. The van der Waals surface area contributed by atoms with Gasteiger partial charge in [-0.25, -0.2) is 4.79 Å². The molecule has 0 spiro atoms. The van der Waals surface area contributed by atoms with Crippen molar-refractivity contribution in [3.05, 3.63) is 57.6 Å². The number of ether oxygens (including phenoxy) is 1. The number of nitrogens with one attached hydrogen (secondary N) is 1. The van der Waals surface area contributed by atoms with Gasteiger partial charge in [0, 0.05) is 18.7 Å². The number of hydrogen-bond donors (Lipinski definition) is 1. The van der Waals surface area contributed by atoms with Gasteiger partial charge in [-0.3, -0.25) is 14.9 Å². The van der Waals surface area contributed by atoms with Crippen LogP contribution in [0.1, 0.15) is 12.5 Å². The number of carbonyl (C=O) groups is 2. The number of nitro groups is 1. The van der Waals surface area contributed by atoms with E-state index in [1.54, 1.807) is 0 Å². The lowest BCUT2D eigenvalue weighted by molar-refractivity contribution is -0.384. The van der Waals surface area contributed by atoms with Crippen molar-refractivity contribution >= 4 is 35.2 Å². The average molecular weight is 339 g/mol. The van der Waals surface area contributed by atoms with E-state index in [4.69, 9.17) is 16.3 Å². The summed E-state index contributed by atoms with van der Waals surface area (Å²) in [6, 6.07) is 4.10. The van der Waals surface area contributed by atoms with E-state index in [-0.39, 0.29) is 17.3 Å². The van der Waals surface area contributed by atoms with Gasteiger partial charge in [-0.05, 0) is 24.6 Å². The SMILES string of the molecule is C=CCNC(=O)C(C)OC(=O)/C=C/c1ccc(Cl)c([N+](=O)[O-])c1. The molecule has 7 nitrogen and oxygen atoms in total. The third kappa shape index (κ3) is 5.91. The van der Waals surface area contributed by atoms with Crippen LogP contribution in [0.2, 0.25) is 5.02 Å². The second-order valence-corrected chi connectivity index (χ2v) is 4.82. The fourth-order valence-electron chi connectivity index (χ4n) is 1.52. The highest BCUT2D eigenvalue weighted by atomic mass is 35.5. The number of amides is 1. The predicted octanol–water partition coefficient (Wildman–Crippen LogP) is 2.50. The van der Waals surface area contributed by atoms with Crippen LogP contribution in [-0.4, -0.2) is 29.4 Å². The molecule has 1 aromatic rings. The second-order valence-electron chi connectivity index (χ2n) is 4.41. The van der Waals surface area contributed by atoms with E-state index >= 15 is 0 Å². The van der Waals surface area contributed by atoms with Crippen molar-refractivity contribution < 1.29 is 19.2 Å². The first-order valence-electron chi connectivity index (χ1n) is 6.56. The molecule has 1 atom stereocenters. The minimum atomic E-state index is -0.966. The zero-order valence-electron chi connectivity index (χ0n) is 12.3. The topological polar surface area (TPSA) is 98.5 Å². The van der Waals surface area contributed by atoms with Crippen LogP contribution in [0.15, 0.2) is 36.9 Å². The van der Waals surface area contributed by atoms with E-state index in [0.717, 1.165) is 6.08 Å². The fraction of sp³-hybridized carbons (Fsp3) is 0.200. The van der Waals surface area contributed by atoms with Crippen molar-refractivity contribution in [2.45, 2.75) is 13.0 Å². The Hall–Kier alpha value is -2.67. The molecule has 1 N–H and O–H groups in total. The van der Waals surface area contributed by atoms with Gasteiger partial charge in [0.2, 0.25) is 0 Å². The minimum absolute atomic E-state index is 0.00207. The Balaban J connectivity index is 2.68. The second kappa shape index (κ2) is 8.70. The highest BCUT2D eigenvalue weighted by Crippen LogP contribution is 2.25. The minimum Gasteiger partial charge on any atom is -0.449 e. The molecule has 122 valence electrons. The summed E-state index contributed by atoms with van der Waals surface area (Å²) in [4.78, 5) is 33.3. The summed E-state index contributed by atoms with van der Waals surface area (Å²) < 4.78 is 4.90. The van der Waals surface area contributed by atoms with Gasteiger partial charge in [0.05, 0.1) is 4.92 Å². The largest absolute Gasteiger partial charge is 0.449 e. The molecule has 8 heteroatoms. The van der Waals surface area contributed by atoms with Crippen molar-refractivity contribution in [2.75, 3.05) is 6.54 Å². The molecule has 1 rings (SSSR count). The van der Waals surface area contributed by atoms with Gasteiger partial charge in [-0.1, -0.05) is 23.7 Å². The average Bonchev–Trinajstić information content (AvgIpc) is 2.51. The lowest BCUT2D eigenvalue weighted by atomic mass is 10.2. The lowest BCUT2D eigenvalue weighted by Gasteiger charge is -2.10. The number of hydrogen-bond acceptors (Lipinski definition) is 5. The van der Waals surface area contributed by atoms with Crippen molar-refractivity contribution in [1.82, 2.24) is 5.32 Å². The standard InChI is InChI=1S/C15H15ClN2O5/c1-3-8-17-15(20)10(2)23-14(19)7-5-11-4-6-12(16)13(9-11)18(21)22/h3-7,9-10H,1,8H2,2H3,(H,17,20)/b7-5+. The zero-order chi connectivity index (χ0) is 17.4.